The summed E-state index contributed by atoms with van der Waals surface area (Å²) in [6, 6.07) is 21.3. The molecule has 1 unspecified atom stereocenters. The van der Waals surface area contributed by atoms with Crippen molar-refractivity contribution in [3.63, 3.8) is 0 Å². The van der Waals surface area contributed by atoms with E-state index in [4.69, 9.17) is 14.9 Å². The van der Waals surface area contributed by atoms with Crippen LogP contribution in [0.1, 0.15) is 29.2 Å². The Hall–Kier alpha value is -3.71. The van der Waals surface area contributed by atoms with E-state index in [0.29, 0.717) is 18.1 Å². The summed E-state index contributed by atoms with van der Waals surface area (Å²) in [5, 5.41) is 15.6. The van der Waals surface area contributed by atoms with Crippen molar-refractivity contribution in [1.29, 1.82) is 0 Å². The average molecular weight is 437 g/mol. The zero-order chi connectivity index (χ0) is 23.0. The largest absolute Gasteiger partial charge is 0.478 e. The van der Waals surface area contributed by atoms with Crippen LogP contribution in [0, 0.1) is 0 Å². The maximum atomic E-state index is 9.55. The molecular formula is C25H28N2O5. The van der Waals surface area contributed by atoms with Gasteiger partial charge in [0.25, 0.3) is 0 Å². The van der Waals surface area contributed by atoms with Gasteiger partial charge in [-0.2, -0.15) is 0 Å². The summed E-state index contributed by atoms with van der Waals surface area (Å²) < 4.78 is 5.99. The monoisotopic (exact) mass is 436 g/mol. The molecule has 1 atom stereocenters. The zero-order valence-corrected chi connectivity index (χ0v) is 17.8. The summed E-state index contributed by atoms with van der Waals surface area (Å²) in [5.74, 6) is -2.12. The molecule has 3 N–H and O–H groups in total. The number of aromatic amines is 1. The summed E-state index contributed by atoms with van der Waals surface area (Å²) in [6.07, 6.45) is 7.71. The second-order valence-electron chi connectivity index (χ2n) is 7.06. The van der Waals surface area contributed by atoms with Crippen molar-refractivity contribution in [2.24, 2.45) is 0 Å². The summed E-state index contributed by atoms with van der Waals surface area (Å²) in [6.45, 7) is 1.53. The van der Waals surface area contributed by atoms with Crippen LogP contribution >= 0.6 is 0 Å². The molecule has 2 aromatic carbocycles. The molecule has 0 amide bonds. The third-order valence-electron chi connectivity index (χ3n) is 4.57. The van der Waals surface area contributed by atoms with Gasteiger partial charge in [-0.3, -0.25) is 0 Å². The first-order valence-corrected chi connectivity index (χ1v) is 10.3. The highest BCUT2D eigenvalue weighted by Crippen LogP contribution is 2.21. The van der Waals surface area contributed by atoms with E-state index in [0.717, 1.165) is 32.5 Å². The molecule has 0 radical (unpaired) electrons. The maximum Gasteiger partial charge on any atom is 0.328 e. The van der Waals surface area contributed by atoms with Crippen molar-refractivity contribution in [3.8, 4) is 0 Å². The van der Waals surface area contributed by atoms with Crippen molar-refractivity contribution in [2.75, 3.05) is 13.2 Å². The average Bonchev–Trinajstić information content (AvgIpc) is 3.32. The number of carboxylic acid groups (broad SMARTS) is 2. The summed E-state index contributed by atoms with van der Waals surface area (Å²) >= 11 is 0. The van der Waals surface area contributed by atoms with Gasteiger partial charge in [-0.15, -0.1) is 0 Å². The quantitative estimate of drug-likeness (QED) is 0.308. The summed E-state index contributed by atoms with van der Waals surface area (Å²) in [5.41, 5.74) is 3.87. The minimum Gasteiger partial charge on any atom is -0.478 e. The van der Waals surface area contributed by atoms with Gasteiger partial charge in [0.2, 0.25) is 0 Å². The molecule has 3 rings (SSSR count). The van der Waals surface area contributed by atoms with Crippen LogP contribution < -0.4 is 0 Å². The zero-order valence-electron chi connectivity index (χ0n) is 17.8. The van der Waals surface area contributed by atoms with E-state index >= 15 is 0 Å². The lowest BCUT2D eigenvalue weighted by Crippen LogP contribution is -2.12. The molecule has 0 fully saturated rings. The number of rotatable bonds is 11. The van der Waals surface area contributed by atoms with Crippen LogP contribution in [0.15, 0.2) is 85.3 Å². The molecule has 0 spiro atoms. The molecule has 168 valence electrons. The molecule has 32 heavy (non-hydrogen) atoms. The number of benzene rings is 2. The maximum absolute atomic E-state index is 9.55. The van der Waals surface area contributed by atoms with Crippen LogP contribution in [0.2, 0.25) is 0 Å². The molecule has 0 aliphatic rings. The molecule has 1 aromatic heterocycles. The van der Waals surface area contributed by atoms with Gasteiger partial charge in [0.15, 0.2) is 0 Å². The first-order valence-electron chi connectivity index (χ1n) is 10.3. The number of hydrogen-bond acceptors (Lipinski definition) is 4. The summed E-state index contributed by atoms with van der Waals surface area (Å²) in [7, 11) is 0. The normalized spacial score (nSPS) is 11.5. The molecule has 0 saturated heterocycles. The third kappa shape index (κ3) is 10.4. The van der Waals surface area contributed by atoms with Crippen LogP contribution in [-0.4, -0.2) is 45.3 Å². The number of carboxylic acids is 2. The first kappa shape index (κ1) is 24.6. The van der Waals surface area contributed by atoms with Crippen LogP contribution in [0.4, 0.5) is 0 Å². The predicted molar refractivity (Wildman–Crippen MR) is 121 cm³/mol. The number of aliphatic carboxylic acids is 2. The Bertz CT molecular complexity index is 925. The summed E-state index contributed by atoms with van der Waals surface area (Å²) in [4.78, 5) is 26.3. The number of nitrogens with one attached hydrogen (secondary N) is 1. The fraction of sp³-hybridized carbons (Fsp3) is 0.240. The van der Waals surface area contributed by atoms with Crippen LogP contribution in [0.5, 0.6) is 0 Å². The molecule has 0 saturated carbocycles. The van der Waals surface area contributed by atoms with E-state index in [9.17, 15) is 9.59 Å². The van der Waals surface area contributed by atoms with Gasteiger partial charge in [0, 0.05) is 36.6 Å². The number of aryl methyl sites for hydroxylation is 1. The van der Waals surface area contributed by atoms with E-state index in [-0.39, 0.29) is 0 Å². The van der Waals surface area contributed by atoms with Crippen molar-refractivity contribution < 1.29 is 24.5 Å². The lowest BCUT2D eigenvalue weighted by molar-refractivity contribution is -0.134. The highest BCUT2D eigenvalue weighted by Gasteiger charge is 2.12. The standard InChI is InChI=1S/C21H24N2O.C4H4O4/c1-3-8-18(9-4-1)14-20(19-10-5-2-6-11-19)16-24-13-7-12-21-15-22-17-23-21;5-3(6)1-2-4(7)8/h1-6,8-11,15,17,20H,7,12-14,16H2,(H,22,23);1-2H,(H,5,6)(H,7,8)/b;2-1-. The second kappa shape index (κ2) is 14.3. The lowest BCUT2D eigenvalue weighted by Gasteiger charge is -2.18. The molecular weight excluding hydrogens is 408 g/mol. The fourth-order valence-corrected chi connectivity index (χ4v) is 3.05. The number of ether oxygens (including phenoxy) is 1. The molecule has 3 aromatic rings. The Morgan fingerprint density at radius 2 is 1.59 bits per heavy atom. The number of H-pyrrole nitrogens is 1. The third-order valence-corrected chi connectivity index (χ3v) is 4.57. The van der Waals surface area contributed by atoms with Gasteiger partial charge in [-0.05, 0) is 30.4 Å². The van der Waals surface area contributed by atoms with Crippen LogP contribution in [0.3, 0.4) is 0 Å². The molecule has 1 heterocycles. The smallest absolute Gasteiger partial charge is 0.328 e. The fourth-order valence-electron chi connectivity index (χ4n) is 3.05. The highest BCUT2D eigenvalue weighted by atomic mass is 16.5. The lowest BCUT2D eigenvalue weighted by atomic mass is 9.93. The van der Waals surface area contributed by atoms with E-state index < -0.39 is 11.9 Å². The van der Waals surface area contributed by atoms with Crippen LogP contribution in [-0.2, 0) is 27.2 Å². The number of imidazole rings is 1. The Labute approximate surface area is 187 Å². The number of carbonyl (C=O) groups is 2. The Morgan fingerprint density at radius 3 is 2.16 bits per heavy atom. The van der Waals surface area contributed by atoms with Crippen LogP contribution in [0.25, 0.3) is 0 Å². The number of hydrogen-bond donors (Lipinski definition) is 3. The molecule has 7 nitrogen and oxygen atoms in total. The Balaban J connectivity index is 0.000000390. The number of nitrogens with zero attached hydrogens (tertiary/aromatic N) is 1. The number of aromatic nitrogens is 2. The van der Waals surface area contributed by atoms with Gasteiger partial charge < -0.3 is 19.9 Å². The van der Waals surface area contributed by atoms with Crippen molar-refractivity contribution in [2.45, 2.75) is 25.2 Å². The van der Waals surface area contributed by atoms with Crippen molar-refractivity contribution in [1.82, 2.24) is 9.97 Å². The molecule has 0 aliphatic heterocycles. The van der Waals surface area contributed by atoms with Gasteiger partial charge in [0.1, 0.15) is 0 Å². The van der Waals surface area contributed by atoms with E-state index in [1.807, 2.05) is 6.20 Å². The molecule has 0 bridgehead atoms. The SMILES string of the molecule is O=C(O)/C=C\C(=O)O.c1ccc(CC(COCCCc2cnc[nH]2)c2ccccc2)cc1. The van der Waals surface area contributed by atoms with Gasteiger partial charge in [-0.1, -0.05) is 60.7 Å². The van der Waals surface area contributed by atoms with Gasteiger partial charge in [-0.25, -0.2) is 14.6 Å². The topological polar surface area (TPSA) is 113 Å². The van der Waals surface area contributed by atoms with Gasteiger partial charge >= 0.3 is 11.9 Å². The minimum atomic E-state index is -1.26. The van der Waals surface area contributed by atoms with E-state index in [1.165, 1.54) is 16.8 Å². The second-order valence-corrected chi connectivity index (χ2v) is 7.06. The van der Waals surface area contributed by atoms with Crippen molar-refractivity contribution in [3.05, 3.63) is 102 Å². The van der Waals surface area contributed by atoms with Gasteiger partial charge in [0.05, 0.1) is 12.9 Å². The molecule has 0 aliphatic carbocycles. The van der Waals surface area contributed by atoms with Crippen molar-refractivity contribution >= 4 is 11.9 Å². The molecule has 7 heteroatoms. The highest BCUT2D eigenvalue weighted by molar-refractivity contribution is 5.89. The van der Waals surface area contributed by atoms with E-state index in [1.54, 1.807) is 6.33 Å². The Morgan fingerprint density at radius 1 is 0.969 bits per heavy atom. The predicted octanol–water partition coefficient (Wildman–Crippen LogP) is 4.10. The minimum absolute atomic E-state index is 0.390. The Kier molecular flexibility index (Phi) is 11.0. The van der Waals surface area contributed by atoms with E-state index in [2.05, 4.69) is 70.6 Å². The first-order chi connectivity index (χ1) is 15.5.